The first kappa shape index (κ1) is 92.1. The van der Waals surface area contributed by atoms with Crippen molar-refractivity contribution in [3.63, 3.8) is 0 Å². The van der Waals surface area contributed by atoms with Crippen molar-refractivity contribution < 1.29 is 80.2 Å². The lowest BCUT2D eigenvalue weighted by Crippen LogP contribution is -2.30. The van der Waals surface area contributed by atoms with Crippen LogP contribution in [0.4, 0.5) is 0 Å². The van der Waals surface area contributed by atoms with Crippen LogP contribution in [0.5, 0.6) is 0 Å². The number of ether oxygens (including phenoxy) is 4. The van der Waals surface area contributed by atoms with Gasteiger partial charge in [0, 0.05) is 25.7 Å². The van der Waals surface area contributed by atoms with Gasteiger partial charge >= 0.3 is 39.5 Å². The normalized spacial score (nSPS) is 14.0. The maximum Gasteiger partial charge on any atom is 0.472 e. The Morgan fingerprint density at radius 2 is 0.489 bits per heavy atom. The van der Waals surface area contributed by atoms with Gasteiger partial charge in [-0.15, -0.1) is 0 Å². The van der Waals surface area contributed by atoms with Crippen molar-refractivity contribution in [1.82, 2.24) is 0 Å². The van der Waals surface area contributed by atoms with Gasteiger partial charge in [-0.1, -0.05) is 343 Å². The summed E-state index contributed by atoms with van der Waals surface area (Å²) in [5.41, 5.74) is 0. The quantitative estimate of drug-likeness (QED) is 0.0222. The van der Waals surface area contributed by atoms with Crippen LogP contribution in [0.25, 0.3) is 0 Å². The first-order valence-corrected chi connectivity index (χ1v) is 42.1. The molecule has 0 aromatic rings. The molecule has 0 rings (SSSR count). The molecule has 0 aliphatic rings. The van der Waals surface area contributed by atoms with E-state index in [0.717, 1.165) is 102 Å². The third-order valence-corrected chi connectivity index (χ3v) is 19.4. The molecule has 0 heterocycles. The predicted octanol–water partition coefficient (Wildman–Crippen LogP) is 22.1. The fourth-order valence-corrected chi connectivity index (χ4v) is 13.1. The lowest BCUT2D eigenvalue weighted by molar-refractivity contribution is -0.161. The molecular weight excluding hydrogens is 1230 g/mol. The highest BCUT2D eigenvalue weighted by Crippen LogP contribution is 2.45. The fourth-order valence-electron chi connectivity index (χ4n) is 11.5. The zero-order valence-corrected chi connectivity index (χ0v) is 62.9. The van der Waals surface area contributed by atoms with Crippen LogP contribution in [0.2, 0.25) is 0 Å². The van der Waals surface area contributed by atoms with Gasteiger partial charge in [0.2, 0.25) is 0 Å². The van der Waals surface area contributed by atoms with Crippen LogP contribution in [0.1, 0.15) is 394 Å². The lowest BCUT2D eigenvalue weighted by atomic mass is 10.0. The number of aliphatic hydroxyl groups excluding tert-OH is 1. The van der Waals surface area contributed by atoms with E-state index in [1.165, 1.54) is 212 Å². The van der Waals surface area contributed by atoms with Crippen LogP contribution >= 0.6 is 15.6 Å². The summed E-state index contributed by atoms with van der Waals surface area (Å²) in [4.78, 5) is 72.6. The molecule has 0 aliphatic carbocycles. The highest BCUT2D eigenvalue weighted by atomic mass is 31.2. The van der Waals surface area contributed by atoms with Crippen LogP contribution in [0.15, 0.2) is 0 Å². The number of hydrogen-bond acceptors (Lipinski definition) is 15. The summed E-state index contributed by atoms with van der Waals surface area (Å²) in [6.45, 7) is 7.29. The molecule has 19 heteroatoms. The number of carbonyl (C=O) groups is 4. The minimum absolute atomic E-state index is 0.107. The molecular formula is C75H146O17P2. The zero-order chi connectivity index (χ0) is 69.1. The average molecular weight is 1380 g/mol. The second kappa shape index (κ2) is 68.2. The number of hydrogen-bond donors (Lipinski definition) is 3. The van der Waals surface area contributed by atoms with Crippen LogP contribution in [0, 0.1) is 5.92 Å². The number of esters is 4. The molecule has 0 aliphatic heterocycles. The van der Waals surface area contributed by atoms with E-state index in [9.17, 15) is 43.2 Å². The summed E-state index contributed by atoms with van der Waals surface area (Å²) in [7, 11) is -9.90. The van der Waals surface area contributed by atoms with Gasteiger partial charge in [-0.2, -0.15) is 0 Å². The summed E-state index contributed by atoms with van der Waals surface area (Å²) in [6, 6.07) is 0. The molecule has 3 N–H and O–H groups in total. The molecule has 558 valence electrons. The minimum atomic E-state index is -4.95. The Morgan fingerprint density at radius 3 is 0.723 bits per heavy atom. The van der Waals surface area contributed by atoms with E-state index in [1.54, 1.807) is 0 Å². The summed E-state index contributed by atoms with van der Waals surface area (Å²) in [5.74, 6) is -1.30. The van der Waals surface area contributed by atoms with Crippen molar-refractivity contribution in [2.24, 2.45) is 5.92 Å². The second-order valence-corrected chi connectivity index (χ2v) is 30.4. The SMILES string of the molecule is CCCCCCCCCCCCCCCCC(=O)OC[C@H](COP(=O)(O)OC[C@@H](O)COP(=O)(O)OC[C@@H](COC(=O)CCCCCCCCCC)OC(=O)CCCCCCCCCCCCC)OC(=O)CCCCCCCCCCCCCCCCCCCCC(C)C. The Bertz CT molecular complexity index is 1810. The lowest BCUT2D eigenvalue weighted by Gasteiger charge is -2.21. The van der Waals surface area contributed by atoms with E-state index < -0.39 is 97.5 Å². The molecule has 94 heavy (non-hydrogen) atoms. The van der Waals surface area contributed by atoms with E-state index >= 15 is 0 Å². The van der Waals surface area contributed by atoms with Gasteiger partial charge in [-0.05, 0) is 31.6 Å². The zero-order valence-electron chi connectivity index (χ0n) is 61.1. The van der Waals surface area contributed by atoms with Crippen molar-refractivity contribution in [3.8, 4) is 0 Å². The smallest absolute Gasteiger partial charge is 0.462 e. The van der Waals surface area contributed by atoms with Crippen molar-refractivity contribution in [3.05, 3.63) is 0 Å². The van der Waals surface area contributed by atoms with Crippen LogP contribution in [0.3, 0.4) is 0 Å². The number of aliphatic hydroxyl groups is 1. The maximum atomic E-state index is 13.1. The molecule has 0 aromatic heterocycles. The van der Waals surface area contributed by atoms with Crippen molar-refractivity contribution in [1.29, 1.82) is 0 Å². The third-order valence-electron chi connectivity index (χ3n) is 17.5. The molecule has 0 amide bonds. The highest BCUT2D eigenvalue weighted by Gasteiger charge is 2.30. The van der Waals surface area contributed by atoms with Crippen LogP contribution in [-0.4, -0.2) is 96.7 Å². The molecule has 0 saturated carbocycles. The Labute approximate surface area is 575 Å². The van der Waals surface area contributed by atoms with Gasteiger partial charge in [0.05, 0.1) is 26.4 Å². The summed E-state index contributed by atoms with van der Waals surface area (Å²) in [6.07, 6.45) is 56.9. The Hall–Kier alpha value is -1.94. The molecule has 0 spiro atoms. The van der Waals surface area contributed by atoms with Crippen molar-refractivity contribution in [2.45, 2.75) is 412 Å². The van der Waals surface area contributed by atoms with Crippen molar-refractivity contribution in [2.75, 3.05) is 39.6 Å². The second-order valence-electron chi connectivity index (χ2n) is 27.5. The van der Waals surface area contributed by atoms with Gasteiger partial charge in [0.15, 0.2) is 12.2 Å². The van der Waals surface area contributed by atoms with Gasteiger partial charge < -0.3 is 33.8 Å². The highest BCUT2D eigenvalue weighted by molar-refractivity contribution is 7.47. The van der Waals surface area contributed by atoms with Crippen LogP contribution < -0.4 is 0 Å². The van der Waals surface area contributed by atoms with E-state index in [1.807, 2.05) is 0 Å². The maximum absolute atomic E-state index is 13.1. The van der Waals surface area contributed by atoms with Gasteiger partial charge in [0.1, 0.15) is 19.3 Å². The van der Waals surface area contributed by atoms with E-state index in [2.05, 4.69) is 34.6 Å². The Morgan fingerprint density at radius 1 is 0.287 bits per heavy atom. The number of phosphoric acid groups is 2. The molecule has 0 saturated heterocycles. The Kier molecular flexibility index (Phi) is 66.8. The first-order chi connectivity index (χ1) is 45.5. The monoisotopic (exact) mass is 1380 g/mol. The number of carbonyl (C=O) groups excluding carboxylic acids is 4. The predicted molar refractivity (Wildman–Crippen MR) is 382 cm³/mol. The molecule has 0 fully saturated rings. The summed E-state index contributed by atoms with van der Waals surface area (Å²) >= 11 is 0. The topological polar surface area (TPSA) is 237 Å². The third kappa shape index (κ3) is 68.6. The van der Waals surface area contributed by atoms with Gasteiger partial charge in [-0.25, -0.2) is 9.13 Å². The number of rotatable bonds is 75. The first-order valence-electron chi connectivity index (χ1n) is 39.1. The van der Waals surface area contributed by atoms with Gasteiger partial charge in [-0.3, -0.25) is 37.3 Å². The molecule has 0 aromatic carbocycles. The standard InChI is InChI=1S/C75H146O17P2/c1-6-9-12-15-18-21-23-24-32-36-39-44-49-54-59-73(78)86-65-71(92-75(80)61-56-51-46-41-37-33-30-28-26-25-27-29-31-35-38-42-47-52-57-68(4)5)67-90-94(83,84)88-63-69(76)62-87-93(81,82)89-66-70(64-85-72(77)58-53-48-43-20-17-14-11-8-3)91-74(79)60-55-50-45-40-34-22-19-16-13-10-7-2/h68-71,76H,6-67H2,1-5H3,(H,81,82)(H,83,84)/t69-,70+,71+/m0/s1. The molecule has 5 atom stereocenters. The van der Waals surface area contributed by atoms with Crippen molar-refractivity contribution >= 4 is 39.5 Å². The van der Waals surface area contributed by atoms with E-state index in [0.29, 0.717) is 25.7 Å². The minimum Gasteiger partial charge on any atom is -0.462 e. The molecule has 17 nitrogen and oxygen atoms in total. The van der Waals surface area contributed by atoms with Gasteiger partial charge in [0.25, 0.3) is 0 Å². The molecule has 0 radical (unpaired) electrons. The molecule has 2 unspecified atom stereocenters. The number of phosphoric ester groups is 2. The summed E-state index contributed by atoms with van der Waals surface area (Å²) < 4.78 is 68.4. The largest absolute Gasteiger partial charge is 0.472 e. The molecule has 0 bridgehead atoms. The summed E-state index contributed by atoms with van der Waals surface area (Å²) in [5, 5.41) is 10.6. The Balaban J connectivity index is 5.17. The van der Waals surface area contributed by atoms with E-state index in [-0.39, 0.29) is 25.7 Å². The van der Waals surface area contributed by atoms with E-state index in [4.69, 9.17) is 37.0 Å². The average Bonchev–Trinajstić information content (AvgIpc) is 1.13. The van der Waals surface area contributed by atoms with Crippen LogP contribution in [-0.2, 0) is 65.4 Å². The number of unbranched alkanes of at least 4 members (excludes halogenated alkanes) is 47. The fraction of sp³-hybridized carbons (Fsp3) is 0.947.